The Morgan fingerprint density at radius 2 is 2.07 bits per heavy atom. The molecule has 0 aromatic carbocycles. The van der Waals surface area contributed by atoms with Crippen LogP contribution >= 0.6 is 7.52 Å². The topological polar surface area (TPSA) is 89.6 Å². The smallest absolute Gasteiger partial charge is 0.320 e. The molecule has 1 fully saturated rings. The maximum absolute atomic E-state index is 11.3. The minimum Gasteiger partial charge on any atom is -0.462 e. The molecule has 1 aliphatic rings. The fraction of sp³-hybridized carbons (Fsp3) is 0.875. The van der Waals surface area contributed by atoms with Gasteiger partial charge in [-0.2, -0.15) is 0 Å². The van der Waals surface area contributed by atoms with Crippen molar-refractivity contribution < 1.29 is 19.0 Å². The lowest BCUT2D eigenvalue weighted by Gasteiger charge is -2.17. The normalized spacial score (nSPS) is 24.2. The highest BCUT2D eigenvalue weighted by Crippen LogP contribution is 2.37. The Kier molecular flexibility index (Phi) is 3.70. The van der Waals surface area contributed by atoms with Crippen LogP contribution in [0.5, 0.6) is 0 Å². The van der Waals surface area contributed by atoms with Crippen molar-refractivity contribution >= 4 is 13.5 Å². The van der Waals surface area contributed by atoms with E-state index in [-0.39, 0.29) is 6.10 Å². The molecule has 0 bridgehead atoms. The van der Waals surface area contributed by atoms with Gasteiger partial charge in [-0.05, 0) is 32.6 Å². The van der Waals surface area contributed by atoms with Gasteiger partial charge >= 0.3 is 5.97 Å². The molecule has 0 aliphatic heterocycles. The highest BCUT2D eigenvalue weighted by atomic mass is 31.2. The van der Waals surface area contributed by atoms with Crippen LogP contribution in [0.4, 0.5) is 0 Å². The fourth-order valence-corrected chi connectivity index (χ4v) is 1.78. The summed E-state index contributed by atoms with van der Waals surface area (Å²) in [6.45, 7) is 1.32. The molecule has 0 saturated heterocycles. The maximum atomic E-state index is 11.3. The minimum atomic E-state index is -3.84. The van der Waals surface area contributed by atoms with Crippen molar-refractivity contribution in [1.82, 2.24) is 0 Å². The number of carbonyl (C=O) groups excluding carboxylic acids is 1. The minimum absolute atomic E-state index is 0.0866. The molecular weight excluding hydrogens is 205 g/mol. The van der Waals surface area contributed by atoms with Crippen LogP contribution in [0.25, 0.3) is 0 Å². The van der Waals surface area contributed by atoms with Crippen LogP contribution in [0, 0.1) is 0 Å². The molecule has 6 heteroatoms. The Morgan fingerprint density at radius 3 is 2.50 bits per heavy atom. The monoisotopic (exact) mass is 221 g/mol. The highest BCUT2D eigenvalue weighted by Gasteiger charge is 2.32. The first-order chi connectivity index (χ1) is 6.41. The molecule has 1 saturated carbocycles. The highest BCUT2D eigenvalue weighted by molar-refractivity contribution is 7.57. The van der Waals surface area contributed by atoms with Crippen molar-refractivity contribution in [2.24, 2.45) is 5.50 Å². The number of rotatable bonds is 3. The molecule has 0 heterocycles. The van der Waals surface area contributed by atoms with Crippen molar-refractivity contribution in [2.45, 2.75) is 44.4 Å². The van der Waals surface area contributed by atoms with Crippen molar-refractivity contribution in [3.8, 4) is 0 Å². The zero-order valence-corrected chi connectivity index (χ0v) is 9.07. The van der Waals surface area contributed by atoms with Gasteiger partial charge in [0.25, 0.3) is 7.52 Å². The lowest BCUT2D eigenvalue weighted by atomic mass is 10.3. The van der Waals surface area contributed by atoms with Crippen molar-refractivity contribution in [1.29, 1.82) is 0 Å². The van der Waals surface area contributed by atoms with E-state index in [2.05, 4.69) is 0 Å². The standard InChI is InChI=1S/C8H16NO4P/c1-6(14(9,11)12)8(10)13-7-4-2-3-5-7/h6-7H,2-5H2,1H3,(H3,9,11,12)/t6-/m1/s1. The summed E-state index contributed by atoms with van der Waals surface area (Å²) in [5.41, 5.74) is 3.84. The van der Waals surface area contributed by atoms with E-state index in [4.69, 9.17) is 15.1 Å². The molecule has 1 aliphatic carbocycles. The first-order valence-electron chi connectivity index (χ1n) is 4.73. The first-order valence-corrected chi connectivity index (χ1v) is 6.52. The molecule has 0 amide bonds. The SMILES string of the molecule is C[C@H](C(=O)OC1CCCC1)P(N)(=O)O. The van der Waals surface area contributed by atoms with Crippen LogP contribution in [0.1, 0.15) is 32.6 Å². The Morgan fingerprint density at radius 1 is 1.57 bits per heavy atom. The molecule has 82 valence electrons. The molecule has 14 heavy (non-hydrogen) atoms. The third kappa shape index (κ3) is 3.08. The molecule has 0 aromatic heterocycles. The van der Waals surface area contributed by atoms with Crippen LogP contribution < -0.4 is 5.50 Å². The van der Waals surface area contributed by atoms with Crippen LogP contribution in [-0.2, 0) is 14.1 Å². The van der Waals surface area contributed by atoms with E-state index < -0.39 is 19.1 Å². The average Bonchev–Trinajstić information content (AvgIpc) is 2.53. The number of nitrogens with two attached hydrogens (primary N) is 1. The molecule has 3 N–H and O–H groups in total. The van der Waals surface area contributed by atoms with Crippen molar-refractivity contribution in [2.75, 3.05) is 0 Å². The van der Waals surface area contributed by atoms with Gasteiger partial charge in [0.1, 0.15) is 11.8 Å². The lowest BCUT2D eigenvalue weighted by Crippen LogP contribution is -2.27. The quantitative estimate of drug-likeness (QED) is 0.548. The van der Waals surface area contributed by atoms with E-state index in [1.165, 1.54) is 6.92 Å². The van der Waals surface area contributed by atoms with Crippen molar-refractivity contribution in [3.05, 3.63) is 0 Å². The zero-order chi connectivity index (χ0) is 10.8. The maximum Gasteiger partial charge on any atom is 0.320 e. The van der Waals surface area contributed by atoms with Crippen LogP contribution in [0.3, 0.4) is 0 Å². The third-order valence-electron chi connectivity index (χ3n) is 2.48. The lowest BCUT2D eigenvalue weighted by molar-refractivity contribution is -0.148. The molecule has 0 aromatic rings. The molecule has 1 rings (SSSR count). The van der Waals surface area contributed by atoms with Gasteiger partial charge in [0.15, 0.2) is 0 Å². The number of ether oxygens (including phenoxy) is 1. The van der Waals surface area contributed by atoms with Gasteiger partial charge < -0.3 is 9.63 Å². The predicted molar refractivity (Wildman–Crippen MR) is 51.8 cm³/mol. The first kappa shape index (κ1) is 11.7. The largest absolute Gasteiger partial charge is 0.462 e. The summed E-state index contributed by atoms with van der Waals surface area (Å²) in [7, 11) is -3.84. The van der Waals surface area contributed by atoms with E-state index in [9.17, 15) is 9.36 Å². The second-order valence-corrected chi connectivity index (χ2v) is 5.81. The Labute approximate surface area is 83.1 Å². The predicted octanol–water partition coefficient (Wildman–Crippen LogP) is 1.00. The summed E-state index contributed by atoms with van der Waals surface area (Å²) in [6.07, 6.45) is 3.70. The van der Waals surface area contributed by atoms with Gasteiger partial charge in [-0.15, -0.1) is 0 Å². The summed E-state index contributed by atoms with van der Waals surface area (Å²) >= 11 is 0. The van der Waals surface area contributed by atoms with Gasteiger partial charge in [0.05, 0.1) is 0 Å². The summed E-state index contributed by atoms with van der Waals surface area (Å²) in [4.78, 5) is 20.3. The summed E-state index contributed by atoms with van der Waals surface area (Å²) in [5.74, 6) is -0.662. The summed E-state index contributed by atoms with van der Waals surface area (Å²) in [5, 5.41) is 0. The third-order valence-corrected chi connectivity index (χ3v) is 3.80. The van der Waals surface area contributed by atoms with E-state index in [0.717, 1.165) is 25.7 Å². The fourth-order valence-electron chi connectivity index (χ4n) is 1.42. The van der Waals surface area contributed by atoms with Gasteiger partial charge in [0.2, 0.25) is 0 Å². The van der Waals surface area contributed by atoms with E-state index in [1.54, 1.807) is 0 Å². The second-order valence-electron chi connectivity index (χ2n) is 3.69. The van der Waals surface area contributed by atoms with Crippen LogP contribution in [0.2, 0.25) is 0 Å². The van der Waals surface area contributed by atoms with Crippen molar-refractivity contribution in [3.63, 3.8) is 0 Å². The average molecular weight is 221 g/mol. The number of esters is 1. The molecule has 5 nitrogen and oxygen atoms in total. The Hall–Kier alpha value is -0.380. The number of hydrogen-bond acceptors (Lipinski definition) is 3. The molecule has 0 spiro atoms. The number of hydrogen-bond donors (Lipinski definition) is 2. The zero-order valence-electron chi connectivity index (χ0n) is 8.18. The Balaban J connectivity index is 2.45. The van der Waals surface area contributed by atoms with E-state index in [0.29, 0.717) is 0 Å². The van der Waals surface area contributed by atoms with E-state index >= 15 is 0 Å². The summed E-state index contributed by atoms with van der Waals surface area (Å²) < 4.78 is 16.0. The molecular formula is C8H16NO4P. The van der Waals surface area contributed by atoms with Gasteiger partial charge in [-0.25, -0.2) is 0 Å². The van der Waals surface area contributed by atoms with Gasteiger partial charge in [0, 0.05) is 0 Å². The summed E-state index contributed by atoms with van der Waals surface area (Å²) in [6, 6.07) is 0. The number of carbonyl (C=O) groups is 1. The van der Waals surface area contributed by atoms with Gasteiger partial charge in [-0.3, -0.25) is 14.9 Å². The Bertz CT molecular complexity index is 256. The van der Waals surface area contributed by atoms with Crippen LogP contribution in [-0.4, -0.2) is 22.6 Å². The van der Waals surface area contributed by atoms with Gasteiger partial charge in [-0.1, -0.05) is 0 Å². The van der Waals surface area contributed by atoms with E-state index in [1.807, 2.05) is 0 Å². The molecule has 1 unspecified atom stereocenters. The molecule has 0 radical (unpaired) electrons. The second kappa shape index (κ2) is 4.43. The van der Waals surface area contributed by atoms with Crippen LogP contribution in [0.15, 0.2) is 0 Å². The molecule has 2 atom stereocenters.